The molecule has 1 aliphatic heterocycles. The number of hydrogen-bond donors (Lipinski definition) is 1. The summed E-state index contributed by atoms with van der Waals surface area (Å²) in [6.45, 7) is 8.35. The minimum Gasteiger partial charge on any atom is -0.388 e. The Labute approximate surface area is 104 Å². The van der Waals surface area contributed by atoms with E-state index in [1.54, 1.807) is 7.05 Å². The Balaban J connectivity index is 0.00000162. The molecule has 0 unspecified atom stereocenters. The van der Waals surface area contributed by atoms with Gasteiger partial charge in [-0.1, -0.05) is 19.2 Å². The molecule has 0 saturated carbocycles. The number of nitrogens with one attached hydrogen (secondary N) is 1. The van der Waals surface area contributed by atoms with Crippen molar-refractivity contribution >= 4 is 5.91 Å². The fourth-order valence-corrected chi connectivity index (χ4v) is 2.25. The number of hydrogen-bond acceptors (Lipinski definition) is 2. The third-order valence-corrected chi connectivity index (χ3v) is 3.35. The number of allylic oxidation sites excluding steroid dienone is 2. The van der Waals surface area contributed by atoms with E-state index in [0.29, 0.717) is 11.3 Å². The topological polar surface area (TPSA) is 32.3 Å². The first kappa shape index (κ1) is 11.7. The van der Waals surface area contributed by atoms with Gasteiger partial charge in [0.2, 0.25) is 0 Å². The summed E-state index contributed by atoms with van der Waals surface area (Å²) in [4.78, 5) is 14.1. The van der Waals surface area contributed by atoms with Crippen molar-refractivity contribution in [2.75, 3.05) is 13.6 Å². The molecule has 0 atom stereocenters. The van der Waals surface area contributed by atoms with E-state index in [0.717, 1.165) is 31.5 Å². The van der Waals surface area contributed by atoms with Crippen molar-refractivity contribution in [1.82, 2.24) is 10.2 Å². The average Bonchev–Trinajstić information content (AvgIpc) is 2.79. The molecule has 2 rings (SSSR count). The van der Waals surface area contributed by atoms with Crippen molar-refractivity contribution in [2.45, 2.75) is 19.3 Å². The quantitative estimate of drug-likeness (QED) is 0.598. The second-order valence-electron chi connectivity index (χ2n) is 4.34. The molecule has 17 heavy (non-hydrogen) atoms. The molecule has 1 aliphatic carbocycles. The molecule has 0 fully saturated rings. The molecule has 1 N–H and O–H groups in total. The standard InChI is InChI=1S/C14H18N2O.H2/c1-10(11(2)15-3)14(17)16-9-8-12-6-4-5-7-13(12)16;/h5,7,15H,1-2,4,6,8-9H2,3H3;1H. The van der Waals surface area contributed by atoms with Crippen LogP contribution < -0.4 is 5.32 Å². The fourth-order valence-electron chi connectivity index (χ4n) is 2.25. The molecule has 0 aromatic carbocycles. The number of carbonyl (C=O) groups is 1. The highest BCUT2D eigenvalue weighted by molar-refractivity contribution is 5.98. The third-order valence-electron chi connectivity index (χ3n) is 3.35. The lowest BCUT2D eigenvalue weighted by atomic mass is 10.0. The minimum atomic E-state index is -0.0408. The molecule has 0 spiro atoms. The van der Waals surface area contributed by atoms with Crippen LogP contribution in [-0.4, -0.2) is 24.4 Å². The summed E-state index contributed by atoms with van der Waals surface area (Å²) < 4.78 is 0. The zero-order valence-corrected chi connectivity index (χ0v) is 10.3. The first-order valence-electron chi connectivity index (χ1n) is 5.91. The van der Waals surface area contributed by atoms with Crippen molar-refractivity contribution in [3.05, 3.63) is 47.9 Å². The van der Waals surface area contributed by atoms with Crippen LogP contribution in [0.1, 0.15) is 20.7 Å². The molecular formula is C14H20N2O. The molecule has 3 heteroatoms. The Morgan fingerprint density at radius 1 is 1.47 bits per heavy atom. The van der Waals surface area contributed by atoms with Gasteiger partial charge in [-0.05, 0) is 30.9 Å². The van der Waals surface area contributed by atoms with Crippen LogP contribution in [0, 0.1) is 0 Å². The Kier molecular flexibility index (Phi) is 3.18. The zero-order chi connectivity index (χ0) is 12.4. The van der Waals surface area contributed by atoms with Gasteiger partial charge < -0.3 is 10.2 Å². The number of amides is 1. The van der Waals surface area contributed by atoms with Crippen LogP contribution in [0.2, 0.25) is 0 Å². The third kappa shape index (κ3) is 2.05. The smallest absolute Gasteiger partial charge is 0.259 e. The lowest BCUT2D eigenvalue weighted by Gasteiger charge is -2.21. The Hall–Kier alpha value is -1.77. The molecular weight excluding hydrogens is 212 g/mol. The first-order valence-corrected chi connectivity index (χ1v) is 5.91. The Morgan fingerprint density at radius 2 is 2.24 bits per heavy atom. The van der Waals surface area contributed by atoms with E-state index in [1.165, 1.54) is 5.57 Å². The van der Waals surface area contributed by atoms with Crippen LogP contribution in [0.4, 0.5) is 0 Å². The van der Waals surface area contributed by atoms with Gasteiger partial charge in [-0.3, -0.25) is 4.79 Å². The van der Waals surface area contributed by atoms with Crippen molar-refractivity contribution in [2.24, 2.45) is 0 Å². The molecule has 0 aromatic rings. The van der Waals surface area contributed by atoms with Gasteiger partial charge in [0.25, 0.3) is 5.91 Å². The molecule has 0 saturated heterocycles. The summed E-state index contributed by atoms with van der Waals surface area (Å²) in [6, 6.07) is 0. The molecule has 92 valence electrons. The highest BCUT2D eigenvalue weighted by atomic mass is 16.2. The van der Waals surface area contributed by atoms with Crippen molar-refractivity contribution in [3.8, 4) is 0 Å². The van der Waals surface area contributed by atoms with Gasteiger partial charge in [0, 0.05) is 26.4 Å². The predicted octanol–water partition coefficient (Wildman–Crippen LogP) is 2.36. The molecule has 1 amide bonds. The van der Waals surface area contributed by atoms with E-state index in [2.05, 4.69) is 30.6 Å². The van der Waals surface area contributed by atoms with Crippen LogP contribution in [0.3, 0.4) is 0 Å². The van der Waals surface area contributed by atoms with Crippen molar-refractivity contribution in [3.63, 3.8) is 0 Å². The van der Waals surface area contributed by atoms with Crippen molar-refractivity contribution < 1.29 is 6.22 Å². The molecule has 2 aliphatic rings. The lowest BCUT2D eigenvalue weighted by molar-refractivity contribution is -0.124. The van der Waals surface area contributed by atoms with Gasteiger partial charge in [0.05, 0.1) is 5.57 Å². The fraction of sp³-hybridized carbons (Fsp3) is 0.357. The van der Waals surface area contributed by atoms with Crippen LogP contribution in [0.15, 0.2) is 47.9 Å². The first-order chi connectivity index (χ1) is 8.15. The van der Waals surface area contributed by atoms with Crippen LogP contribution in [0.25, 0.3) is 0 Å². The van der Waals surface area contributed by atoms with Gasteiger partial charge in [0.1, 0.15) is 0 Å². The Morgan fingerprint density at radius 3 is 2.94 bits per heavy atom. The highest BCUT2D eigenvalue weighted by Gasteiger charge is 2.28. The summed E-state index contributed by atoms with van der Waals surface area (Å²) in [7, 11) is 1.75. The van der Waals surface area contributed by atoms with E-state index in [4.69, 9.17) is 0 Å². The Bertz CT molecular complexity index is 449. The van der Waals surface area contributed by atoms with Gasteiger partial charge in [-0.25, -0.2) is 0 Å². The van der Waals surface area contributed by atoms with Gasteiger partial charge in [-0.2, -0.15) is 0 Å². The van der Waals surface area contributed by atoms with Gasteiger partial charge >= 0.3 is 0 Å². The number of rotatable bonds is 3. The summed E-state index contributed by atoms with van der Waals surface area (Å²) in [5.41, 5.74) is 3.50. The second-order valence-corrected chi connectivity index (χ2v) is 4.34. The zero-order valence-electron chi connectivity index (χ0n) is 10.3. The van der Waals surface area contributed by atoms with E-state index in [9.17, 15) is 4.79 Å². The molecule has 3 nitrogen and oxygen atoms in total. The van der Waals surface area contributed by atoms with Crippen LogP contribution >= 0.6 is 0 Å². The monoisotopic (exact) mass is 232 g/mol. The largest absolute Gasteiger partial charge is 0.388 e. The average molecular weight is 232 g/mol. The van der Waals surface area contributed by atoms with Crippen molar-refractivity contribution in [1.29, 1.82) is 0 Å². The maximum Gasteiger partial charge on any atom is 0.259 e. The van der Waals surface area contributed by atoms with Gasteiger partial charge in [-0.15, -0.1) is 0 Å². The maximum atomic E-state index is 12.3. The summed E-state index contributed by atoms with van der Waals surface area (Å²) in [5.74, 6) is -0.0408. The lowest BCUT2D eigenvalue weighted by Crippen LogP contribution is -2.30. The minimum absolute atomic E-state index is 0. The summed E-state index contributed by atoms with van der Waals surface area (Å²) >= 11 is 0. The van der Waals surface area contributed by atoms with E-state index in [-0.39, 0.29) is 7.33 Å². The van der Waals surface area contributed by atoms with E-state index >= 15 is 0 Å². The predicted molar refractivity (Wildman–Crippen MR) is 71.2 cm³/mol. The molecule has 1 heterocycles. The second kappa shape index (κ2) is 4.62. The normalized spacial score (nSPS) is 18.1. The SMILES string of the molecule is C=C(NC)C(=C)C(=O)N1CCC2=C1C=CCC2.[HH]. The number of carbonyl (C=O) groups excluding carboxylic acids is 1. The van der Waals surface area contributed by atoms with Crippen LogP contribution in [-0.2, 0) is 4.79 Å². The molecule has 0 aromatic heterocycles. The van der Waals surface area contributed by atoms with E-state index in [1.807, 2.05) is 4.90 Å². The van der Waals surface area contributed by atoms with Gasteiger partial charge in [0.15, 0.2) is 0 Å². The summed E-state index contributed by atoms with van der Waals surface area (Å²) in [5, 5.41) is 2.87. The van der Waals surface area contributed by atoms with E-state index < -0.39 is 0 Å². The number of likely N-dealkylation sites (N-methyl/N-ethyl adjacent to an activating group) is 1. The van der Waals surface area contributed by atoms with Crippen LogP contribution in [0.5, 0.6) is 0 Å². The summed E-state index contributed by atoms with van der Waals surface area (Å²) in [6.07, 6.45) is 7.34. The number of nitrogens with zero attached hydrogens (tertiary/aromatic N) is 1. The highest BCUT2D eigenvalue weighted by Crippen LogP contribution is 2.32. The molecule has 0 bridgehead atoms. The molecule has 0 radical (unpaired) electrons. The maximum absolute atomic E-state index is 12.3.